The molecule has 0 saturated carbocycles. The lowest BCUT2D eigenvalue weighted by Crippen LogP contribution is -2.55. The number of primary amides is 1. The molecule has 2 aromatic carbocycles. The molecule has 0 radical (unpaired) electrons. The number of nitrogens with zero attached hydrogens (tertiary/aromatic N) is 1. The molecular formula is C17H19N3O2. The van der Waals surface area contributed by atoms with Crippen LogP contribution >= 0.6 is 0 Å². The lowest BCUT2D eigenvalue weighted by molar-refractivity contribution is -0.133. The van der Waals surface area contributed by atoms with E-state index in [-0.39, 0.29) is 12.3 Å². The van der Waals surface area contributed by atoms with Gasteiger partial charge in [0.05, 0.1) is 12.5 Å². The van der Waals surface area contributed by atoms with Crippen LogP contribution in [-0.4, -0.2) is 35.8 Å². The van der Waals surface area contributed by atoms with E-state index in [0.717, 1.165) is 5.56 Å². The van der Waals surface area contributed by atoms with Crippen molar-refractivity contribution in [2.75, 3.05) is 13.1 Å². The molecule has 1 aliphatic rings. The molecule has 0 aliphatic carbocycles. The molecule has 0 aromatic heterocycles. The van der Waals surface area contributed by atoms with E-state index in [4.69, 9.17) is 5.73 Å². The second-order valence-electron chi connectivity index (χ2n) is 5.59. The van der Waals surface area contributed by atoms with Crippen molar-refractivity contribution in [1.29, 1.82) is 0 Å². The minimum atomic E-state index is -0.481. The Bertz CT molecular complexity index is 709. The summed E-state index contributed by atoms with van der Waals surface area (Å²) < 4.78 is 0. The molecule has 5 nitrogen and oxygen atoms in total. The van der Waals surface area contributed by atoms with E-state index in [1.807, 2.05) is 23.1 Å². The van der Waals surface area contributed by atoms with E-state index in [0.29, 0.717) is 19.6 Å². The van der Waals surface area contributed by atoms with Gasteiger partial charge in [-0.15, -0.1) is 0 Å². The number of hydrogen-bond donors (Lipinski definition) is 2. The fraction of sp³-hybridized carbons (Fsp3) is 0.294. The van der Waals surface area contributed by atoms with Crippen LogP contribution < -0.4 is 11.1 Å². The second kappa shape index (κ2) is 6.15. The van der Waals surface area contributed by atoms with Gasteiger partial charge in [-0.2, -0.15) is 0 Å². The van der Waals surface area contributed by atoms with Gasteiger partial charge in [-0.25, -0.2) is 0 Å². The van der Waals surface area contributed by atoms with Crippen LogP contribution in [0.25, 0.3) is 10.8 Å². The number of nitrogens with two attached hydrogens (primary N) is 1. The molecule has 5 heteroatoms. The minimum Gasteiger partial charge on any atom is -0.370 e. The van der Waals surface area contributed by atoms with E-state index >= 15 is 0 Å². The summed E-state index contributed by atoms with van der Waals surface area (Å²) in [5.74, 6) is -0.574. The van der Waals surface area contributed by atoms with E-state index in [2.05, 4.69) is 29.6 Å². The average molecular weight is 297 g/mol. The van der Waals surface area contributed by atoms with Gasteiger partial charge in [-0.3, -0.25) is 14.5 Å². The molecule has 1 aliphatic heterocycles. The molecule has 1 atom stereocenters. The first-order valence-electron chi connectivity index (χ1n) is 7.42. The monoisotopic (exact) mass is 297 g/mol. The van der Waals surface area contributed by atoms with E-state index in [1.54, 1.807) is 0 Å². The predicted molar refractivity (Wildman–Crippen MR) is 85.0 cm³/mol. The number of fused-ring (bicyclic) bond motifs is 1. The summed E-state index contributed by atoms with van der Waals surface area (Å²) in [4.78, 5) is 25.3. The lowest BCUT2D eigenvalue weighted by atomic mass is 10.0. The second-order valence-corrected chi connectivity index (χ2v) is 5.59. The zero-order chi connectivity index (χ0) is 15.5. The molecule has 0 bridgehead atoms. The fourth-order valence-electron chi connectivity index (χ4n) is 3.01. The summed E-state index contributed by atoms with van der Waals surface area (Å²) in [7, 11) is 0. The SMILES string of the molecule is NC(=O)C[C@H]1C(=O)NCCN1Cc1cccc2ccccc12. The van der Waals surface area contributed by atoms with Crippen molar-refractivity contribution in [2.45, 2.75) is 19.0 Å². The van der Waals surface area contributed by atoms with Crippen molar-refractivity contribution in [2.24, 2.45) is 5.73 Å². The largest absolute Gasteiger partial charge is 0.370 e. The normalized spacial score (nSPS) is 19.1. The van der Waals surface area contributed by atoms with Crippen molar-refractivity contribution in [3.8, 4) is 0 Å². The number of carbonyl (C=O) groups excluding carboxylic acids is 2. The van der Waals surface area contributed by atoms with Gasteiger partial charge in [-0.1, -0.05) is 42.5 Å². The van der Waals surface area contributed by atoms with Crippen LogP contribution in [-0.2, 0) is 16.1 Å². The fourth-order valence-corrected chi connectivity index (χ4v) is 3.01. The molecule has 2 amide bonds. The van der Waals surface area contributed by atoms with Crippen LogP contribution in [0.3, 0.4) is 0 Å². The Labute approximate surface area is 129 Å². The molecule has 3 N–H and O–H groups in total. The van der Waals surface area contributed by atoms with Crippen molar-refractivity contribution >= 4 is 22.6 Å². The van der Waals surface area contributed by atoms with Crippen LogP contribution in [0.4, 0.5) is 0 Å². The third-order valence-electron chi connectivity index (χ3n) is 4.09. The number of carbonyl (C=O) groups is 2. The standard InChI is InChI=1S/C17H19N3O2/c18-16(21)10-15-17(22)19-8-9-20(15)11-13-6-3-5-12-4-1-2-7-14(12)13/h1-7,15H,8-11H2,(H2,18,21)(H,19,22)/t15-/m0/s1. The van der Waals surface area contributed by atoms with Gasteiger partial charge in [0.2, 0.25) is 11.8 Å². The predicted octanol–water partition coefficient (Wildman–Crippen LogP) is 1.02. The summed E-state index contributed by atoms with van der Waals surface area (Å²) in [5.41, 5.74) is 6.44. The quantitative estimate of drug-likeness (QED) is 0.884. The zero-order valence-corrected chi connectivity index (χ0v) is 12.3. The number of benzene rings is 2. The lowest BCUT2D eigenvalue weighted by Gasteiger charge is -2.34. The van der Waals surface area contributed by atoms with E-state index in [9.17, 15) is 9.59 Å². The van der Waals surface area contributed by atoms with Crippen molar-refractivity contribution in [3.63, 3.8) is 0 Å². The molecule has 0 unspecified atom stereocenters. The molecule has 114 valence electrons. The number of nitrogens with one attached hydrogen (secondary N) is 1. The highest BCUT2D eigenvalue weighted by Crippen LogP contribution is 2.22. The first-order valence-corrected chi connectivity index (χ1v) is 7.42. The number of piperazine rings is 1. The summed E-state index contributed by atoms with van der Waals surface area (Å²) >= 11 is 0. The molecule has 3 rings (SSSR count). The Morgan fingerprint density at radius 3 is 2.82 bits per heavy atom. The number of amides is 2. The van der Waals surface area contributed by atoms with Crippen LogP contribution in [0.5, 0.6) is 0 Å². The molecule has 1 heterocycles. The summed E-state index contributed by atoms with van der Waals surface area (Å²) in [6.45, 7) is 1.94. The topological polar surface area (TPSA) is 75.4 Å². The molecule has 0 spiro atoms. The maximum absolute atomic E-state index is 12.0. The van der Waals surface area contributed by atoms with Crippen LogP contribution in [0.15, 0.2) is 42.5 Å². The van der Waals surface area contributed by atoms with Crippen LogP contribution in [0.1, 0.15) is 12.0 Å². The molecule has 1 fully saturated rings. The van der Waals surface area contributed by atoms with Crippen molar-refractivity contribution in [1.82, 2.24) is 10.2 Å². The van der Waals surface area contributed by atoms with E-state index in [1.165, 1.54) is 10.8 Å². The maximum Gasteiger partial charge on any atom is 0.237 e. The minimum absolute atomic E-state index is 0.0522. The Hall–Kier alpha value is -2.40. The molecule has 2 aromatic rings. The average Bonchev–Trinajstić information content (AvgIpc) is 2.51. The van der Waals surface area contributed by atoms with Gasteiger partial charge >= 0.3 is 0 Å². The highest BCUT2D eigenvalue weighted by atomic mass is 16.2. The van der Waals surface area contributed by atoms with Crippen molar-refractivity contribution < 1.29 is 9.59 Å². The molecule has 1 saturated heterocycles. The highest BCUT2D eigenvalue weighted by molar-refractivity contribution is 5.88. The maximum atomic E-state index is 12.0. The smallest absolute Gasteiger partial charge is 0.237 e. The third-order valence-corrected chi connectivity index (χ3v) is 4.09. The van der Waals surface area contributed by atoms with Gasteiger partial charge in [0.1, 0.15) is 0 Å². The molecular weight excluding hydrogens is 278 g/mol. The first kappa shape index (κ1) is 14.5. The first-order chi connectivity index (χ1) is 10.6. The van der Waals surface area contributed by atoms with Gasteiger partial charge in [-0.05, 0) is 16.3 Å². The summed E-state index contributed by atoms with van der Waals surface area (Å²) in [6.07, 6.45) is 0.0522. The van der Waals surface area contributed by atoms with Gasteiger partial charge < -0.3 is 11.1 Å². The Kier molecular flexibility index (Phi) is 4.06. The number of rotatable bonds is 4. The van der Waals surface area contributed by atoms with Crippen LogP contribution in [0.2, 0.25) is 0 Å². The Morgan fingerprint density at radius 2 is 2.00 bits per heavy atom. The Morgan fingerprint density at radius 1 is 1.23 bits per heavy atom. The summed E-state index contributed by atoms with van der Waals surface area (Å²) in [5, 5.41) is 5.15. The highest BCUT2D eigenvalue weighted by Gasteiger charge is 2.31. The van der Waals surface area contributed by atoms with Gasteiger partial charge in [0, 0.05) is 19.6 Å². The van der Waals surface area contributed by atoms with Gasteiger partial charge in [0.25, 0.3) is 0 Å². The third kappa shape index (κ3) is 2.94. The zero-order valence-electron chi connectivity index (χ0n) is 12.3. The number of hydrogen-bond acceptors (Lipinski definition) is 3. The summed E-state index contributed by atoms with van der Waals surface area (Å²) in [6, 6.07) is 13.8. The van der Waals surface area contributed by atoms with E-state index < -0.39 is 11.9 Å². The van der Waals surface area contributed by atoms with Gasteiger partial charge in [0.15, 0.2) is 0 Å². The van der Waals surface area contributed by atoms with Crippen molar-refractivity contribution in [3.05, 3.63) is 48.0 Å². The Balaban J connectivity index is 1.89. The molecule has 22 heavy (non-hydrogen) atoms. The van der Waals surface area contributed by atoms with Crippen LogP contribution in [0, 0.1) is 0 Å².